The number of hydrogen-bond acceptors (Lipinski definition) is 1. The van der Waals surface area contributed by atoms with Gasteiger partial charge in [-0.3, -0.25) is 0 Å². The Hall–Kier alpha value is -0.620. The van der Waals surface area contributed by atoms with Gasteiger partial charge in [0, 0.05) is 16.5 Å². The zero-order chi connectivity index (χ0) is 7.56. The highest BCUT2D eigenvalue weighted by molar-refractivity contribution is 9.11. The fraction of sp³-hybridized carbons (Fsp3) is 0.286. The fourth-order valence-electron chi connectivity index (χ4n) is 0.755. The van der Waals surface area contributed by atoms with Crippen LogP contribution in [0.2, 0.25) is 0 Å². The molecule has 0 N–H and O–H groups in total. The molecule has 1 rings (SSSR count). The lowest BCUT2D eigenvalue weighted by Crippen LogP contribution is -1.90. The summed E-state index contributed by atoms with van der Waals surface area (Å²) in [6.07, 6.45) is 2.40. The van der Waals surface area contributed by atoms with Gasteiger partial charge in [0.2, 0.25) is 0 Å². The van der Waals surface area contributed by atoms with E-state index in [1.165, 1.54) is 6.08 Å². The van der Waals surface area contributed by atoms with Gasteiger partial charge in [0.1, 0.15) is 5.83 Å². The van der Waals surface area contributed by atoms with Crippen molar-refractivity contribution in [1.82, 2.24) is 0 Å². The number of hydrogen-bond donors (Lipinski definition) is 0. The molecule has 0 spiro atoms. The second-order valence-corrected chi connectivity index (χ2v) is 2.89. The molecule has 0 aromatic carbocycles. The minimum Gasteiger partial charge on any atom is -0.211 e. The Morgan fingerprint density at radius 1 is 1.60 bits per heavy atom. The van der Waals surface area contributed by atoms with Crippen LogP contribution in [0.5, 0.6) is 0 Å². The second-order valence-electron chi connectivity index (χ2n) is 2.03. The summed E-state index contributed by atoms with van der Waals surface area (Å²) in [4.78, 5) is 0. The van der Waals surface area contributed by atoms with Crippen LogP contribution in [0.1, 0.15) is 12.8 Å². The first kappa shape index (κ1) is 7.49. The van der Waals surface area contributed by atoms with E-state index in [1.807, 2.05) is 6.07 Å². The quantitative estimate of drug-likeness (QED) is 0.592. The van der Waals surface area contributed by atoms with Crippen LogP contribution in [-0.4, -0.2) is 0 Å². The van der Waals surface area contributed by atoms with Crippen LogP contribution in [0.4, 0.5) is 4.39 Å². The zero-order valence-corrected chi connectivity index (χ0v) is 6.78. The Kier molecular flexibility index (Phi) is 2.23. The highest BCUT2D eigenvalue weighted by Crippen LogP contribution is 2.27. The van der Waals surface area contributed by atoms with Gasteiger partial charge >= 0.3 is 0 Å². The molecular formula is C7H5BrFN. The third-order valence-corrected chi connectivity index (χ3v) is 1.98. The lowest BCUT2D eigenvalue weighted by Gasteiger charge is -2.05. The molecule has 0 aliphatic heterocycles. The molecule has 1 aliphatic carbocycles. The smallest absolute Gasteiger partial charge is 0.114 e. The van der Waals surface area contributed by atoms with E-state index in [-0.39, 0.29) is 5.83 Å². The summed E-state index contributed by atoms with van der Waals surface area (Å²) >= 11 is 3.01. The van der Waals surface area contributed by atoms with Crippen molar-refractivity contribution in [3.63, 3.8) is 0 Å². The summed E-state index contributed by atoms with van der Waals surface area (Å²) in [5.41, 5.74) is 0.633. The maximum atomic E-state index is 12.6. The minimum absolute atomic E-state index is 0.168. The van der Waals surface area contributed by atoms with Crippen LogP contribution in [-0.2, 0) is 0 Å². The lowest BCUT2D eigenvalue weighted by molar-refractivity contribution is 0.582. The molecule has 0 saturated heterocycles. The van der Waals surface area contributed by atoms with Crippen molar-refractivity contribution in [2.75, 3.05) is 0 Å². The van der Waals surface area contributed by atoms with Crippen LogP contribution >= 0.6 is 15.9 Å². The zero-order valence-electron chi connectivity index (χ0n) is 5.19. The van der Waals surface area contributed by atoms with E-state index >= 15 is 0 Å². The Morgan fingerprint density at radius 3 is 2.80 bits per heavy atom. The standard InChI is InChI=1S/C7H5BrFN/c8-6-3-5(4-10)1-2-7(6)9/h3H,1-2H2. The van der Waals surface area contributed by atoms with Crippen molar-refractivity contribution in [2.45, 2.75) is 12.8 Å². The van der Waals surface area contributed by atoms with E-state index in [0.717, 1.165) is 0 Å². The molecule has 0 fully saturated rings. The molecular weight excluding hydrogens is 197 g/mol. The van der Waals surface area contributed by atoms with Gasteiger partial charge in [0.05, 0.1) is 6.07 Å². The summed E-state index contributed by atoms with van der Waals surface area (Å²) in [6, 6.07) is 1.99. The lowest BCUT2D eigenvalue weighted by atomic mass is 10.1. The van der Waals surface area contributed by atoms with E-state index in [4.69, 9.17) is 5.26 Å². The van der Waals surface area contributed by atoms with Crippen LogP contribution in [0.15, 0.2) is 22.0 Å². The monoisotopic (exact) mass is 201 g/mol. The number of rotatable bonds is 0. The molecule has 3 heteroatoms. The predicted octanol–water partition coefficient (Wildman–Crippen LogP) is 2.81. The van der Waals surface area contributed by atoms with Crippen molar-refractivity contribution in [3.05, 3.63) is 22.0 Å². The summed E-state index contributed by atoms with van der Waals surface area (Å²) in [7, 11) is 0. The molecule has 0 amide bonds. The van der Waals surface area contributed by atoms with Crippen molar-refractivity contribution in [1.29, 1.82) is 5.26 Å². The molecule has 0 unspecified atom stereocenters. The van der Waals surface area contributed by atoms with Gasteiger partial charge in [-0.1, -0.05) is 0 Å². The first-order valence-electron chi connectivity index (χ1n) is 2.89. The topological polar surface area (TPSA) is 23.8 Å². The van der Waals surface area contributed by atoms with Crippen LogP contribution in [0, 0.1) is 11.3 Å². The predicted molar refractivity (Wildman–Crippen MR) is 40.0 cm³/mol. The summed E-state index contributed by atoms with van der Waals surface area (Å²) in [5, 5.41) is 8.41. The molecule has 52 valence electrons. The average molecular weight is 202 g/mol. The van der Waals surface area contributed by atoms with Crippen LogP contribution in [0.3, 0.4) is 0 Å². The summed E-state index contributed by atoms with van der Waals surface area (Å²) in [6.45, 7) is 0. The Morgan fingerprint density at radius 2 is 2.30 bits per heavy atom. The third kappa shape index (κ3) is 1.45. The minimum atomic E-state index is -0.168. The van der Waals surface area contributed by atoms with Gasteiger partial charge in [0.25, 0.3) is 0 Å². The molecule has 0 heterocycles. The number of nitrogens with zero attached hydrogens (tertiary/aromatic N) is 1. The molecule has 0 radical (unpaired) electrons. The van der Waals surface area contributed by atoms with Gasteiger partial charge in [0.15, 0.2) is 0 Å². The fourth-order valence-corrected chi connectivity index (χ4v) is 1.23. The molecule has 0 atom stereocenters. The van der Waals surface area contributed by atoms with E-state index in [0.29, 0.717) is 22.9 Å². The summed E-state index contributed by atoms with van der Waals surface area (Å²) in [5.74, 6) is -0.168. The van der Waals surface area contributed by atoms with E-state index < -0.39 is 0 Å². The Balaban J connectivity index is 2.89. The summed E-state index contributed by atoms with van der Waals surface area (Å²) < 4.78 is 13.0. The second kappa shape index (κ2) is 2.98. The molecule has 1 nitrogen and oxygen atoms in total. The largest absolute Gasteiger partial charge is 0.211 e. The van der Waals surface area contributed by atoms with Gasteiger partial charge < -0.3 is 0 Å². The van der Waals surface area contributed by atoms with Gasteiger partial charge in [-0.25, -0.2) is 4.39 Å². The van der Waals surface area contributed by atoms with Crippen LogP contribution < -0.4 is 0 Å². The number of halogens is 2. The number of allylic oxidation sites excluding steroid dienone is 4. The normalized spacial score (nSPS) is 18.3. The first-order valence-corrected chi connectivity index (χ1v) is 3.68. The van der Waals surface area contributed by atoms with Crippen molar-refractivity contribution < 1.29 is 4.39 Å². The molecule has 1 aliphatic rings. The number of nitriles is 1. The highest BCUT2D eigenvalue weighted by Gasteiger charge is 2.09. The maximum Gasteiger partial charge on any atom is 0.114 e. The average Bonchev–Trinajstić information content (AvgIpc) is 1.95. The van der Waals surface area contributed by atoms with Gasteiger partial charge in [-0.2, -0.15) is 5.26 Å². The van der Waals surface area contributed by atoms with Gasteiger partial charge in [-0.05, 0) is 28.4 Å². The van der Waals surface area contributed by atoms with Crippen molar-refractivity contribution in [3.8, 4) is 6.07 Å². The highest BCUT2D eigenvalue weighted by atomic mass is 79.9. The molecule has 10 heavy (non-hydrogen) atoms. The van der Waals surface area contributed by atoms with Crippen molar-refractivity contribution >= 4 is 15.9 Å². The van der Waals surface area contributed by atoms with Gasteiger partial charge in [-0.15, -0.1) is 0 Å². The first-order chi connectivity index (χ1) is 4.74. The maximum absolute atomic E-state index is 12.6. The van der Waals surface area contributed by atoms with Crippen LogP contribution in [0.25, 0.3) is 0 Å². The SMILES string of the molecule is N#CC1=CC(Br)=C(F)CC1. The van der Waals surface area contributed by atoms with Crippen molar-refractivity contribution in [2.24, 2.45) is 0 Å². The molecule has 0 bridgehead atoms. The Bertz CT molecular complexity index is 247. The molecule has 0 aromatic rings. The Labute approximate surface area is 67.0 Å². The van der Waals surface area contributed by atoms with E-state index in [9.17, 15) is 4.39 Å². The molecule has 0 aromatic heterocycles. The van der Waals surface area contributed by atoms with E-state index in [2.05, 4.69) is 15.9 Å². The third-order valence-electron chi connectivity index (χ3n) is 1.32. The van der Waals surface area contributed by atoms with E-state index in [1.54, 1.807) is 0 Å². The molecule has 0 saturated carbocycles.